The number of ether oxygens (including phenoxy) is 1. The van der Waals surface area contributed by atoms with Gasteiger partial charge in [0.05, 0.1) is 24.8 Å². The van der Waals surface area contributed by atoms with Crippen molar-refractivity contribution in [2.45, 2.75) is 6.10 Å². The molecule has 0 aliphatic rings. The van der Waals surface area contributed by atoms with Gasteiger partial charge in [-0.1, -0.05) is 12.1 Å². The van der Waals surface area contributed by atoms with Crippen LogP contribution in [0.25, 0.3) is 0 Å². The third-order valence-corrected chi connectivity index (χ3v) is 1.92. The van der Waals surface area contributed by atoms with Gasteiger partial charge in [-0.15, -0.1) is 6.58 Å². The lowest BCUT2D eigenvalue weighted by atomic mass is 10.0. The number of benzene rings is 1. The lowest BCUT2D eigenvalue weighted by Gasteiger charge is -2.08. The predicted molar refractivity (Wildman–Crippen MR) is 52.9 cm³/mol. The first-order valence-electron chi connectivity index (χ1n) is 4.11. The first kappa shape index (κ1) is 10.3. The molecule has 0 amide bonds. The summed E-state index contributed by atoms with van der Waals surface area (Å²) in [5.74, 6) is 0.599. The van der Waals surface area contributed by atoms with Crippen molar-refractivity contribution in [3.05, 3.63) is 42.0 Å². The second kappa shape index (κ2) is 4.45. The fourth-order valence-electron chi connectivity index (χ4n) is 1.14. The minimum atomic E-state index is -0.810. The van der Waals surface area contributed by atoms with Crippen LogP contribution in [0.4, 0.5) is 0 Å². The lowest BCUT2D eigenvalue weighted by Crippen LogP contribution is -1.97. The molecule has 0 saturated carbocycles. The molecule has 72 valence electrons. The zero-order valence-corrected chi connectivity index (χ0v) is 7.90. The van der Waals surface area contributed by atoms with Crippen molar-refractivity contribution in [1.29, 1.82) is 5.26 Å². The van der Waals surface area contributed by atoms with Gasteiger partial charge in [0.1, 0.15) is 5.75 Å². The van der Waals surface area contributed by atoms with E-state index >= 15 is 0 Å². The van der Waals surface area contributed by atoms with E-state index in [1.165, 1.54) is 13.2 Å². The summed E-state index contributed by atoms with van der Waals surface area (Å²) in [6.45, 7) is 3.46. The molecule has 0 bridgehead atoms. The van der Waals surface area contributed by atoms with Gasteiger partial charge in [-0.25, -0.2) is 0 Å². The fourth-order valence-corrected chi connectivity index (χ4v) is 1.14. The highest BCUT2D eigenvalue weighted by molar-refractivity contribution is 5.45. The van der Waals surface area contributed by atoms with Gasteiger partial charge in [-0.2, -0.15) is 5.26 Å². The number of rotatable bonds is 3. The van der Waals surface area contributed by atoms with Crippen molar-refractivity contribution in [1.82, 2.24) is 0 Å². The first-order chi connectivity index (χ1) is 6.72. The molecule has 0 spiro atoms. The van der Waals surface area contributed by atoms with Crippen LogP contribution in [-0.2, 0) is 0 Å². The van der Waals surface area contributed by atoms with E-state index in [4.69, 9.17) is 10.00 Å². The molecule has 1 N–H and O–H groups in total. The van der Waals surface area contributed by atoms with Crippen LogP contribution in [0.3, 0.4) is 0 Å². The summed E-state index contributed by atoms with van der Waals surface area (Å²) in [5, 5.41) is 18.3. The largest absolute Gasteiger partial charge is 0.497 e. The molecule has 1 rings (SSSR count). The fraction of sp³-hybridized carbons (Fsp3) is 0.182. The summed E-state index contributed by atoms with van der Waals surface area (Å²) in [7, 11) is 1.53. The molecule has 1 aromatic rings. The van der Waals surface area contributed by atoms with Gasteiger partial charge in [0.2, 0.25) is 0 Å². The summed E-state index contributed by atoms with van der Waals surface area (Å²) in [6, 6.07) is 6.94. The van der Waals surface area contributed by atoms with E-state index in [9.17, 15) is 5.11 Å². The van der Waals surface area contributed by atoms with E-state index in [-0.39, 0.29) is 0 Å². The average Bonchev–Trinajstić information content (AvgIpc) is 2.27. The standard InChI is InChI=1S/C11H11NO2/c1-3-11(13)10-5-4-9(14-2)6-8(10)7-12/h3-6,11,13H,1H2,2H3. The molecule has 0 aromatic heterocycles. The maximum absolute atomic E-state index is 9.49. The van der Waals surface area contributed by atoms with Crippen LogP contribution < -0.4 is 4.74 Å². The van der Waals surface area contributed by atoms with Crippen molar-refractivity contribution < 1.29 is 9.84 Å². The number of nitrogens with zero attached hydrogens (tertiary/aromatic N) is 1. The van der Waals surface area contributed by atoms with E-state index in [0.717, 1.165) is 0 Å². The van der Waals surface area contributed by atoms with Gasteiger partial charge in [0.15, 0.2) is 0 Å². The smallest absolute Gasteiger partial charge is 0.120 e. The zero-order chi connectivity index (χ0) is 10.6. The summed E-state index contributed by atoms with van der Waals surface area (Å²) < 4.78 is 4.97. The molecule has 0 heterocycles. The van der Waals surface area contributed by atoms with Gasteiger partial charge >= 0.3 is 0 Å². The van der Waals surface area contributed by atoms with Crippen molar-refractivity contribution in [3.63, 3.8) is 0 Å². The Hall–Kier alpha value is -1.79. The topological polar surface area (TPSA) is 53.2 Å². The normalized spacial score (nSPS) is 11.5. The highest BCUT2D eigenvalue weighted by atomic mass is 16.5. The highest BCUT2D eigenvalue weighted by Gasteiger charge is 2.09. The quantitative estimate of drug-likeness (QED) is 0.737. The third kappa shape index (κ3) is 1.93. The molecule has 0 saturated heterocycles. The second-order valence-corrected chi connectivity index (χ2v) is 2.75. The van der Waals surface area contributed by atoms with Gasteiger partial charge in [0, 0.05) is 5.56 Å². The van der Waals surface area contributed by atoms with Crippen LogP contribution in [0.15, 0.2) is 30.9 Å². The second-order valence-electron chi connectivity index (χ2n) is 2.75. The molecule has 0 aliphatic heterocycles. The van der Waals surface area contributed by atoms with Crippen LogP contribution >= 0.6 is 0 Å². The lowest BCUT2D eigenvalue weighted by molar-refractivity contribution is 0.228. The van der Waals surface area contributed by atoms with Gasteiger partial charge in [-0.3, -0.25) is 0 Å². The number of aliphatic hydroxyl groups excluding tert-OH is 1. The molecule has 1 atom stereocenters. The third-order valence-electron chi connectivity index (χ3n) is 1.92. The number of hydrogen-bond acceptors (Lipinski definition) is 3. The van der Waals surface area contributed by atoms with E-state index in [2.05, 4.69) is 6.58 Å². The molecule has 1 unspecified atom stereocenters. The Morgan fingerprint density at radius 2 is 2.36 bits per heavy atom. The maximum atomic E-state index is 9.49. The van der Waals surface area contributed by atoms with Crippen molar-refractivity contribution in [2.24, 2.45) is 0 Å². The van der Waals surface area contributed by atoms with Crippen LogP contribution in [0, 0.1) is 11.3 Å². The minimum absolute atomic E-state index is 0.400. The van der Waals surface area contributed by atoms with E-state index in [1.54, 1.807) is 18.2 Å². The number of methoxy groups -OCH3 is 1. The molecule has 0 aliphatic carbocycles. The number of nitriles is 1. The molecule has 3 nitrogen and oxygen atoms in total. The minimum Gasteiger partial charge on any atom is -0.497 e. The van der Waals surface area contributed by atoms with Gasteiger partial charge < -0.3 is 9.84 Å². The van der Waals surface area contributed by atoms with Gasteiger partial charge in [-0.05, 0) is 12.1 Å². The van der Waals surface area contributed by atoms with Crippen molar-refractivity contribution in [3.8, 4) is 11.8 Å². The molecule has 0 radical (unpaired) electrons. The molecular weight excluding hydrogens is 178 g/mol. The number of hydrogen-bond donors (Lipinski definition) is 1. The predicted octanol–water partition coefficient (Wildman–Crippen LogP) is 1.79. The summed E-state index contributed by atoms with van der Waals surface area (Å²) in [6.07, 6.45) is 0.568. The van der Waals surface area contributed by atoms with Crippen molar-refractivity contribution in [2.75, 3.05) is 7.11 Å². The summed E-state index contributed by atoms with van der Waals surface area (Å²) >= 11 is 0. The highest BCUT2D eigenvalue weighted by Crippen LogP contribution is 2.22. The Balaban J connectivity index is 3.19. The van der Waals surface area contributed by atoms with E-state index < -0.39 is 6.10 Å². The SMILES string of the molecule is C=CC(O)c1ccc(OC)cc1C#N. The van der Waals surface area contributed by atoms with E-state index in [1.807, 2.05) is 6.07 Å². The Morgan fingerprint density at radius 3 is 2.86 bits per heavy atom. The van der Waals surface area contributed by atoms with Crippen LogP contribution in [0.5, 0.6) is 5.75 Å². The zero-order valence-electron chi connectivity index (χ0n) is 7.90. The molecule has 3 heteroatoms. The van der Waals surface area contributed by atoms with Crippen LogP contribution in [0.2, 0.25) is 0 Å². The maximum Gasteiger partial charge on any atom is 0.120 e. The molecule has 14 heavy (non-hydrogen) atoms. The van der Waals surface area contributed by atoms with Crippen molar-refractivity contribution >= 4 is 0 Å². The van der Waals surface area contributed by atoms with Gasteiger partial charge in [0.25, 0.3) is 0 Å². The average molecular weight is 189 g/mol. The summed E-state index contributed by atoms with van der Waals surface area (Å²) in [5.41, 5.74) is 0.944. The monoisotopic (exact) mass is 189 g/mol. The Kier molecular flexibility index (Phi) is 3.27. The Labute approximate surface area is 82.9 Å². The molecular formula is C11H11NO2. The summed E-state index contributed by atoms with van der Waals surface area (Å²) in [4.78, 5) is 0. The molecule has 1 aromatic carbocycles. The Bertz CT molecular complexity index is 379. The van der Waals surface area contributed by atoms with Crippen LogP contribution in [-0.4, -0.2) is 12.2 Å². The molecule has 0 fully saturated rings. The number of aliphatic hydroxyl groups is 1. The first-order valence-corrected chi connectivity index (χ1v) is 4.11. The Morgan fingerprint density at radius 1 is 1.64 bits per heavy atom. The van der Waals surface area contributed by atoms with Crippen LogP contribution in [0.1, 0.15) is 17.2 Å². The van der Waals surface area contributed by atoms with E-state index in [0.29, 0.717) is 16.9 Å².